The molecule has 1 aliphatic heterocycles. The van der Waals surface area contributed by atoms with E-state index in [2.05, 4.69) is 22.6 Å². The van der Waals surface area contributed by atoms with E-state index in [1.807, 2.05) is 55.5 Å². The Balaban J connectivity index is 2.00. The van der Waals surface area contributed by atoms with Gasteiger partial charge in [-0.25, -0.2) is 14.6 Å². The summed E-state index contributed by atoms with van der Waals surface area (Å²) in [5, 5.41) is 8.18. The first-order valence-electron chi connectivity index (χ1n) is 6.58. The highest BCUT2D eigenvalue weighted by molar-refractivity contribution is 14.1. The second-order valence-electron chi connectivity index (χ2n) is 4.92. The number of rotatable bonds is 2. The zero-order valence-corrected chi connectivity index (χ0v) is 14.7. The molecule has 3 rings (SSSR count). The summed E-state index contributed by atoms with van der Waals surface area (Å²) in [5.74, 6) is 0.0300. The highest BCUT2D eigenvalue weighted by Crippen LogP contribution is 2.28. The summed E-state index contributed by atoms with van der Waals surface area (Å²) in [4.78, 5) is 15.7. The van der Waals surface area contributed by atoms with Gasteiger partial charge in [0.05, 0.1) is 11.4 Å². The number of benzene rings is 2. The molecule has 1 saturated heterocycles. The first-order valence-corrected chi connectivity index (χ1v) is 8.07. The molecule has 2 amide bonds. The summed E-state index contributed by atoms with van der Waals surface area (Å²) < 4.78 is 1.07. The first kappa shape index (κ1) is 15.1. The second kappa shape index (κ2) is 5.77. The van der Waals surface area contributed by atoms with Gasteiger partial charge in [-0.3, -0.25) is 5.41 Å². The van der Waals surface area contributed by atoms with Crippen LogP contribution < -0.4 is 9.80 Å². The minimum absolute atomic E-state index is 0.0300. The van der Waals surface area contributed by atoms with Gasteiger partial charge in [-0.2, -0.15) is 0 Å². The van der Waals surface area contributed by atoms with Crippen LogP contribution in [0.15, 0.2) is 48.5 Å². The maximum absolute atomic E-state index is 12.7. The van der Waals surface area contributed by atoms with Crippen molar-refractivity contribution in [2.75, 3.05) is 9.80 Å². The number of amidine groups is 1. The van der Waals surface area contributed by atoms with E-state index in [1.54, 1.807) is 0 Å². The van der Waals surface area contributed by atoms with Crippen molar-refractivity contribution >= 4 is 63.0 Å². The Labute approximate surface area is 147 Å². The van der Waals surface area contributed by atoms with Crippen molar-refractivity contribution in [1.29, 1.82) is 5.41 Å². The predicted octanol–water partition coefficient (Wildman–Crippen LogP) is 4.35. The lowest BCUT2D eigenvalue weighted by Crippen LogP contribution is -2.33. The Morgan fingerprint density at radius 3 is 2.05 bits per heavy atom. The fraction of sp³-hybridized carbons (Fsp3) is 0.0625. The molecule has 6 heteroatoms. The second-order valence-corrected chi connectivity index (χ2v) is 6.55. The van der Waals surface area contributed by atoms with Crippen LogP contribution in [-0.2, 0) is 0 Å². The molecule has 1 fully saturated rings. The number of carbonyl (C=O) groups excluding carboxylic acids is 1. The summed E-state index contributed by atoms with van der Waals surface area (Å²) in [6, 6.07) is 14.6. The third-order valence-corrected chi connectivity index (χ3v) is 4.48. The molecular weight excluding hydrogens is 409 g/mol. The van der Waals surface area contributed by atoms with Gasteiger partial charge >= 0.3 is 6.03 Å². The molecule has 0 radical (unpaired) electrons. The van der Waals surface area contributed by atoms with E-state index in [0.717, 1.165) is 9.13 Å². The predicted molar refractivity (Wildman–Crippen MR) is 101 cm³/mol. The van der Waals surface area contributed by atoms with E-state index < -0.39 is 0 Å². The van der Waals surface area contributed by atoms with E-state index in [1.165, 1.54) is 9.80 Å². The molecule has 0 aromatic heterocycles. The van der Waals surface area contributed by atoms with Crippen LogP contribution in [0.1, 0.15) is 5.56 Å². The quantitative estimate of drug-likeness (QED) is 0.579. The molecule has 1 aliphatic rings. The number of halogens is 1. The number of nitrogens with one attached hydrogen (secondary N) is 1. The van der Waals surface area contributed by atoms with Gasteiger partial charge < -0.3 is 0 Å². The third kappa shape index (κ3) is 2.52. The van der Waals surface area contributed by atoms with Crippen molar-refractivity contribution in [3.8, 4) is 0 Å². The van der Waals surface area contributed by atoms with Crippen LogP contribution in [0.4, 0.5) is 16.2 Å². The zero-order valence-electron chi connectivity index (χ0n) is 11.7. The van der Waals surface area contributed by atoms with Crippen LogP contribution in [-0.4, -0.2) is 16.9 Å². The number of nitrogens with zero attached hydrogens (tertiary/aromatic N) is 2. The van der Waals surface area contributed by atoms with Gasteiger partial charge in [0, 0.05) is 3.57 Å². The highest BCUT2D eigenvalue weighted by atomic mass is 127. The van der Waals surface area contributed by atoms with Gasteiger partial charge in [0.25, 0.3) is 0 Å². The van der Waals surface area contributed by atoms with Crippen molar-refractivity contribution in [3.63, 3.8) is 0 Å². The van der Waals surface area contributed by atoms with Crippen molar-refractivity contribution in [2.24, 2.45) is 0 Å². The van der Waals surface area contributed by atoms with Gasteiger partial charge in [0.2, 0.25) is 0 Å². The Hall–Kier alpha value is -1.80. The maximum atomic E-state index is 12.7. The topological polar surface area (TPSA) is 47.4 Å². The summed E-state index contributed by atoms with van der Waals surface area (Å²) in [6.07, 6.45) is 0. The Morgan fingerprint density at radius 1 is 0.955 bits per heavy atom. The van der Waals surface area contributed by atoms with Gasteiger partial charge in [-0.15, -0.1) is 0 Å². The van der Waals surface area contributed by atoms with Crippen molar-refractivity contribution in [1.82, 2.24) is 0 Å². The Bertz CT molecular complexity index is 705. The number of hydrogen-bond acceptors (Lipinski definition) is 3. The molecule has 22 heavy (non-hydrogen) atoms. The molecule has 1 N–H and O–H groups in total. The Kier molecular flexibility index (Phi) is 3.96. The summed E-state index contributed by atoms with van der Waals surface area (Å²) >= 11 is 7.50. The van der Waals surface area contributed by atoms with Crippen molar-refractivity contribution < 1.29 is 4.79 Å². The largest absolute Gasteiger partial charge is 0.340 e. The van der Waals surface area contributed by atoms with Gasteiger partial charge in [0.1, 0.15) is 0 Å². The van der Waals surface area contributed by atoms with Crippen LogP contribution >= 0.6 is 34.8 Å². The summed E-state index contributed by atoms with van der Waals surface area (Å²) in [7, 11) is 0. The molecule has 0 bridgehead atoms. The van der Waals surface area contributed by atoms with Crippen molar-refractivity contribution in [3.05, 3.63) is 57.7 Å². The van der Waals surface area contributed by atoms with Gasteiger partial charge in [0.15, 0.2) is 10.8 Å². The number of carbonyl (C=O) groups is 1. The molecule has 0 spiro atoms. The summed E-state index contributed by atoms with van der Waals surface area (Å²) in [6.45, 7) is 1.98. The molecular formula is C16H12IN3OS. The van der Waals surface area contributed by atoms with E-state index in [9.17, 15) is 4.79 Å². The van der Waals surface area contributed by atoms with Crippen LogP contribution in [0.3, 0.4) is 0 Å². The normalized spacial score (nSPS) is 14.9. The average Bonchev–Trinajstić information content (AvgIpc) is 2.72. The number of amides is 2. The zero-order chi connectivity index (χ0) is 15.9. The lowest BCUT2D eigenvalue weighted by atomic mass is 10.2. The van der Waals surface area contributed by atoms with Gasteiger partial charge in [-0.1, -0.05) is 29.9 Å². The number of aryl methyl sites for hydroxylation is 1. The molecule has 2 aromatic rings. The van der Waals surface area contributed by atoms with Crippen LogP contribution in [0.5, 0.6) is 0 Å². The van der Waals surface area contributed by atoms with Crippen LogP contribution in [0.2, 0.25) is 0 Å². The van der Waals surface area contributed by atoms with E-state index in [-0.39, 0.29) is 16.9 Å². The van der Waals surface area contributed by atoms with E-state index >= 15 is 0 Å². The van der Waals surface area contributed by atoms with Crippen LogP contribution in [0, 0.1) is 15.9 Å². The highest BCUT2D eigenvalue weighted by Gasteiger charge is 2.40. The molecule has 0 saturated carbocycles. The molecule has 0 aliphatic carbocycles. The lowest BCUT2D eigenvalue weighted by molar-refractivity contribution is 0.257. The van der Waals surface area contributed by atoms with Crippen LogP contribution in [0.25, 0.3) is 0 Å². The molecule has 0 unspecified atom stereocenters. The number of anilines is 2. The smallest absolute Gasteiger partial charge is 0.281 e. The summed E-state index contributed by atoms with van der Waals surface area (Å²) in [5.41, 5.74) is 2.42. The molecule has 0 atom stereocenters. The molecule has 110 valence electrons. The average molecular weight is 421 g/mol. The third-order valence-electron chi connectivity index (χ3n) is 3.39. The first-order chi connectivity index (χ1) is 10.5. The fourth-order valence-electron chi connectivity index (χ4n) is 2.24. The Morgan fingerprint density at radius 2 is 1.45 bits per heavy atom. The number of hydrogen-bond donors (Lipinski definition) is 1. The van der Waals surface area contributed by atoms with Crippen molar-refractivity contribution in [2.45, 2.75) is 6.92 Å². The molecule has 1 heterocycles. The SMILES string of the molecule is Cc1ccc(N2C(=N)C(=S)N(c3ccc(I)cc3)C2=O)cc1. The monoisotopic (exact) mass is 421 g/mol. The number of thiocarbonyl (C=S) groups is 1. The van der Waals surface area contributed by atoms with E-state index in [0.29, 0.717) is 11.4 Å². The standard InChI is InChI=1S/C16H12IN3OS/c1-10-2-6-12(7-3-10)19-14(18)15(22)20(16(19)21)13-8-4-11(17)5-9-13/h2-9,18H,1H3. The molecule has 4 nitrogen and oxygen atoms in total. The maximum Gasteiger partial charge on any atom is 0.340 e. The minimum Gasteiger partial charge on any atom is -0.281 e. The minimum atomic E-state index is -0.319. The van der Waals surface area contributed by atoms with E-state index in [4.69, 9.17) is 17.6 Å². The number of urea groups is 1. The fourth-order valence-corrected chi connectivity index (χ4v) is 2.87. The lowest BCUT2D eigenvalue weighted by Gasteiger charge is -2.17. The van der Waals surface area contributed by atoms with Gasteiger partial charge in [-0.05, 0) is 65.9 Å². The molecule has 2 aromatic carbocycles.